The van der Waals surface area contributed by atoms with Gasteiger partial charge in [0.2, 0.25) is 10.6 Å². The summed E-state index contributed by atoms with van der Waals surface area (Å²) in [5, 5.41) is 2.29. The molecule has 2 aliphatic rings. The highest BCUT2D eigenvalue weighted by molar-refractivity contribution is 6.28. The predicted octanol–water partition coefficient (Wildman–Crippen LogP) is 6.84. The topological polar surface area (TPSA) is 79.9 Å². The van der Waals surface area contributed by atoms with Gasteiger partial charge in [-0.3, -0.25) is 0 Å². The van der Waals surface area contributed by atoms with Gasteiger partial charge in [-0.25, -0.2) is 28.7 Å². The lowest BCUT2D eigenvalue weighted by Gasteiger charge is -2.17. The number of fused-ring (bicyclic) bond motifs is 6. The van der Waals surface area contributed by atoms with Crippen molar-refractivity contribution in [2.75, 3.05) is 13.2 Å². The summed E-state index contributed by atoms with van der Waals surface area (Å²) in [6.45, 7) is 3.61. The van der Waals surface area contributed by atoms with Gasteiger partial charge in [-0.05, 0) is 71.7 Å². The number of hydrogen-bond acceptors (Lipinski definition) is 6. The Labute approximate surface area is 248 Å². The van der Waals surface area contributed by atoms with Crippen molar-refractivity contribution < 1.29 is 18.3 Å². The fraction of sp³-hybridized carbons (Fsp3) is 0.200. The Bertz CT molecular complexity index is 1830. The van der Waals surface area contributed by atoms with Crippen LogP contribution in [0.3, 0.4) is 0 Å². The molecule has 6 aromatic rings. The summed E-state index contributed by atoms with van der Waals surface area (Å²) in [4.78, 5) is 16.4. The van der Waals surface area contributed by atoms with Gasteiger partial charge in [0, 0.05) is 47.4 Å². The average molecular weight is 607 g/mol. The molecule has 0 bridgehead atoms. The van der Waals surface area contributed by atoms with Crippen molar-refractivity contribution in [3.63, 3.8) is 0 Å². The summed E-state index contributed by atoms with van der Waals surface area (Å²) >= 11 is 11.8. The number of halogens is 4. The van der Waals surface area contributed by atoms with Crippen molar-refractivity contribution in [1.82, 2.24) is 29.1 Å². The van der Waals surface area contributed by atoms with Crippen LogP contribution in [0.5, 0.6) is 0 Å². The minimum atomic E-state index is -0.249. The SMILES string of the molecule is Fc1ccc2c(-c3ccnc(Cl)n3)c3n(c2c1)CCOC3.Fc1ccc2c(-c3ccnc(Cl)n3)c3n(c2c1)CCOC3. The summed E-state index contributed by atoms with van der Waals surface area (Å²) in [5.74, 6) is -0.497. The van der Waals surface area contributed by atoms with Gasteiger partial charge >= 0.3 is 0 Å². The molecule has 0 N–H and O–H groups in total. The highest BCUT2D eigenvalue weighted by Gasteiger charge is 2.24. The molecule has 4 aromatic heterocycles. The van der Waals surface area contributed by atoms with E-state index in [0.717, 1.165) is 55.7 Å². The minimum Gasteiger partial charge on any atom is -0.373 e. The maximum Gasteiger partial charge on any atom is 0.222 e. The van der Waals surface area contributed by atoms with E-state index in [1.165, 1.54) is 12.1 Å². The maximum atomic E-state index is 13.6. The van der Waals surface area contributed by atoms with Gasteiger partial charge in [-0.15, -0.1) is 0 Å². The quantitative estimate of drug-likeness (QED) is 0.201. The predicted molar refractivity (Wildman–Crippen MR) is 155 cm³/mol. The van der Waals surface area contributed by atoms with Crippen LogP contribution in [0, 0.1) is 11.6 Å². The van der Waals surface area contributed by atoms with Gasteiger partial charge in [0.05, 0.1) is 60.2 Å². The number of nitrogens with zero attached hydrogens (tertiary/aromatic N) is 6. The van der Waals surface area contributed by atoms with E-state index >= 15 is 0 Å². The van der Waals surface area contributed by atoms with Crippen LogP contribution < -0.4 is 0 Å². The highest BCUT2D eigenvalue weighted by Crippen LogP contribution is 2.37. The number of rotatable bonds is 2. The zero-order valence-corrected chi connectivity index (χ0v) is 23.5. The van der Waals surface area contributed by atoms with Crippen LogP contribution in [0.1, 0.15) is 11.4 Å². The first-order chi connectivity index (χ1) is 20.5. The van der Waals surface area contributed by atoms with Crippen LogP contribution in [-0.4, -0.2) is 42.3 Å². The van der Waals surface area contributed by atoms with Crippen molar-refractivity contribution >= 4 is 45.0 Å². The molecular weight excluding hydrogens is 585 g/mol. The van der Waals surface area contributed by atoms with Crippen LogP contribution in [0.25, 0.3) is 44.3 Å². The lowest BCUT2D eigenvalue weighted by Crippen LogP contribution is -2.16. The van der Waals surface area contributed by atoms with Crippen LogP contribution in [0.15, 0.2) is 60.9 Å². The summed E-state index contributed by atoms with van der Waals surface area (Å²) in [7, 11) is 0. The molecule has 8 rings (SSSR count). The first-order valence-electron chi connectivity index (χ1n) is 13.2. The molecule has 0 unspecified atom stereocenters. The summed E-state index contributed by atoms with van der Waals surface area (Å²) < 4.78 is 42.5. The van der Waals surface area contributed by atoms with Crippen molar-refractivity contribution in [3.05, 3.63) is 94.5 Å². The molecule has 0 fully saturated rings. The number of benzene rings is 2. The molecule has 6 heterocycles. The Morgan fingerprint density at radius 2 is 1.10 bits per heavy atom. The van der Waals surface area contributed by atoms with Gasteiger partial charge in [-0.1, -0.05) is 0 Å². The molecule has 0 aliphatic carbocycles. The Balaban J connectivity index is 0.000000137. The lowest BCUT2D eigenvalue weighted by molar-refractivity contribution is 0.0868. The van der Waals surface area contributed by atoms with Gasteiger partial charge in [-0.2, -0.15) is 0 Å². The highest BCUT2D eigenvalue weighted by atomic mass is 35.5. The Hall–Kier alpha value is -3.96. The number of ether oxygens (including phenoxy) is 2. The van der Waals surface area contributed by atoms with E-state index in [2.05, 4.69) is 29.1 Å². The molecule has 0 amide bonds. The summed E-state index contributed by atoms with van der Waals surface area (Å²) in [6.07, 6.45) is 3.24. The molecule has 42 heavy (non-hydrogen) atoms. The Morgan fingerprint density at radius 1 is 0.643 bits per heavy atom. The van der Waals surface area contributed by atoms with Crippen LogP contribution in [-0.2, 0) is 35.8 Å². The molecular formula is C30H22Cl2F2N6O2. The molecule has 0 saturated heterocycles. The summed E-state index contributed by atoms with van der Waals surface area (Å²) in [6, 6.07) is 13.2. The van der Waals surface area contributed by atoms with Crippen LogP contribution >= 0.6 is 23.2 Å². The molecule has 8 nitrogen and oxygen atoms in total. The van der Waals surface area contributed by atoms with E-state index in [-0.39, 0.29) is 22.2 Å². The number of hydrogen-bond donors (Lipinski definition) is 0. The first kappa shape index (κ1) is 26.9. The van der Waals surface area contributed by atoms with Crippen molar-refractivity contribution in [2.24, 2.45) is 0 Å². The third kappa shape index (κ3) is 4.80. The van der Waals surface area contributed by atoms with E-state index in [1.54, 1.807) is 48.8 Å². The fourth-order valence-corrected chi connectivity index (χ4v) is 6.03. The Morgan fingerprint density at radius 3 is 1.52 bits per heavy atom. The van der Waals surface area contributed by atoms with Gasteiger partial charge < -0.3 is 18.6 Å². The maximum absolute atomic E-state index is 13.6. The minimum absolute atomic E-state index is 0.194. The van der Waals surface area contributed by atoms with E-state index in [4.69, 9.17) is 32.7 Å². The fourth-order valence-electron chi connectivity index (χ4n) is 5.73. The van der Waals surface area contributed by atoms with Crippen molar-refractivity contribution in [1.29, 1.82) is 0 Å². The largest absolute Gasteiger partial charge is 0.373 e. The zero-order valence-electron chi connectivity index (χ0n) is 22.0. The van der Waals surface area contributed by atoms with Gasteiger partial charge in [0.25, 0.3) is 0 Å². The molecule has 0 radical (unpaired) electrons. The second kappa shape index (κ2) is 11.0. The molecule has 2 aliphatic heterocycles. The first-order valence-corrected chi connectivity index (χ1v) is 14.0. The van der Waals surface area contributed by atoms with Crippen LogP contribution in [0.4, 0.5) is 8.78 Å². The lowest BCUT2D eigenvalue weighted by atomic mass is 10.1. The molecule has 0 saturated carbocycles. The molecule has 0 atom stereocenters. The van der Waals surface area contributed by atoms with E-state index in [0.29, 0.717) is 39.5 Å². The summed E-state index contributed by atoms with van der Waals surface area (Å²) in [5.41, 5.74) is 7.05. The van der Waals surface area contributed by atoms with E-state index in [1.807, 2.05) is 0 Å². The molecule has 2 aromatic carbocycles. The van der Waals surface area contributed by atoms with Crippen molar-refractivity contribution in [2.45, 2.75) is 26.3 Å². The zero-order chi connectivity index (χ0) is 28.8. The van der Waals surface area contributed by atoms with Gasteiger partial charge in [0.1, 0.15) is 11.6 Å². The van der Waals surface area contributed by atoms with Crippen LogP contribution in [0.2, 0.25) is 10.6 Å². The standard InChI is InChI=1S/2C15H11ClFN3O/c2*16-15-18-4-3-11(19-15)14-10-2-1-9(17)7-12(10)20-5-6-21-8-13(14)20/h2*1-4,7H,5-6,8H2. The smallest absolute Gasteiger partial charge is 0.222 e. The Kier molecular flexibility index (Phi) is 7.07. The average Bonchev–Trinajstić information content (AvgIpc) is 3.50. The molecule has 12 heteroatoms. The molecule has 0 spiro atoms. The number of aromatic nitrogens is 6. The second-order valence-corrected chi connectivity index (χ2v) is 10.5. The van der Waals surface area contributed by atoms with Crippen molar-refractivity contribution in [3.8, 4) is 22.5 Å². The third-order valence-electron chi connectivity index (χ3n) is 7.43. The van der Waals surface area contributed by atoms with Gasteiger partial charge in [0.15, 0.2) is 0 Å². The second-order valence-electron chi connectivity index (χ2n) is 9.80. The monoisotopic (exact) mass is 606 g/mol. The molecule has 212 valence electrons. The third-order valence-corrected chi connectivity index (χ3v) is 7.79. The van der Waals surface area contributed by atoms with E-state index in [9.17, 15) is 8.78 Å². The normalized spacial score (nSPS) is 14.4. The van der Waals surface area contributed by atoms with E-state index < -0.39 is 0 Å².